The average Bonchev–Trinajstić information content (AvgIpc) is 3.44. The number of nitrogens with one attached hydrogen (secondary N) is 1. The zero-order chi connectivity index (χ0) is 19.2. The molecule has 1 aliphatic heterocycles. The van der Waals surface area contributed by atoms with Crippen LogP contribution in [0, 0.1) is 0 Å². The molecule has 2 aromatic heterocycles. The Balaban J connectivity index is 1.28. The summed E-state index contributed by atoms with van der Waals surface area (Å²) in [5.41, 5.74) is 1.28. The second kappa shape index (κ2) is 8.62. The predicted molar refractivity (Wildman–Crippen MR) is 99.6 cm³/mol. The number of hydrogen-bond donors (Lipinski definition) is 1. The van der Waals surface area contributed by atoms with Crippen LogP contribution in [-0.4, -0.2) is 40.3 Å². The molecule has 144 valence electrons. The number of rotatable bonds is 7. The maximum atomic E-state index is 12.3. The number of carbonyl (C=O) groups is 1. The Morgan fingerprint density at radius 2 is 2.11 bits per heavy atom. The van der Waals surface area contributed by atoms with Gasteiger partial charge in [0.1, 0.15) is 6.61 Å². The van der Waals surface area contributed by atoms with Crippen LogP contribution in [0.2, 0.25) is 0 Å². The van der Waals surface area contributed by atoms with Gasteiger partial charge < -0.3 is 19.3 Å². The lowest BCUT2D eigenvalue weighted by atomic mass is 10.2. The molecule has 1 atom stereocenters. The van der Waals surface area contributed by atoms with Gasteiger partial charge in [0.2, 0.25) is 17.6 Å². The van der Waals surface area contributed by atoms with E-state index in [1.807, 2.05) is 30.3 Å². The van der Waals surface area contributed by atoms with Crippen molar-refractivity contribution in [1.82, 2.24) is 20.4 Å². The lowest BCUT2D eigenvalue weighted by molar-refractivity contribution is 0.0663. The van der Waals surface area contributed by atoms with Crippen LogP contribution < -0.4 is 10.1 Å². The minimum atomic E-state index is -0.280. The Hall–Kier alpha value is -3.26. The molecule has 0 unspecified atom stereocenters. The van der Waals surface area contributed by atoms with Crippen molar-refractivity contribution in [1.29, 1.82) is 0 Å². The Bertz CT molecular complexity index is 905. The normalized spacial score (nSPS) is 16.1. The molecule has 0 saturated carbocycles. The highest BCUT2D eigenvalue weighted by Crippen LogP contribution is 2.16. The summed E-state index contributed by atoms with van der Waals surface area (Å²) in [6.45, 7) is 1.39. The van der Waals surface area contributed by atoms with E-state index in [0.717, 1.165) is 25.0 Å². The van der Waals surface area contributed by atoms with Crippen molar-refractivity contribution in [2.24, 2.45) is 0 Å². The summed E-state index contributed by atoms with van der Waals surface area (Å²) >= 11 is 0. The molecule has 1 saturated heterocycles. The highest BCUT2D eigenvalue weighted by molar-refractivity contribution is 5.93. The SMILES string of the molecule is O=C(NCc1nc(-c2ccccc2)no1)c1ccc(OC[C@@H]2CCCO2)nc1. The van der Waals surface area contributed by atoms with Crippen LogP contribution in [0.1, 0.15) is 29.1 Å². The number of benzene rings is 1. The van der Waals surface area contributed by atoms with Crippen molar-refractivity contribution in [3.63, 3.8) is 0 Å². The van der Waals surface area contributed by atoms with Gasteiger partial charge >= 0.3 is 0 Å². The van der Waals surface area contributed by atoms with Gasteiger partial charge in [0, 0.05) is 24.4 Å². The molecule has 8 heteroatoms. The zero-order valence-electron chi connectivity index (χ0n) is 15.2. The standard InChI is InChI=1S/C20H20N4O4/c25-20(15-8-9-17(21-11-15)27-13-16-7-4-10-26-16)22-12-18-23-19(24-28-18)14-5-2-1-3-6-14/h1-3,5-6,8-9,11,16H,4,7,10,12-13H2,(H,22,25)/t16-/m0/s1. The fourth-order valence-electron chi connectivity index (χ4n) is 2.84. The molecule has 0 spiro atoms. The third kappa shape index (κ3) is 4.52. The molecule has 3 heterocycles. The lowest BCUT2D eigenvalue weighted by Gasteiger charge is -2.10. The first-order valence-corrected chi connectivity index (χ1v) is 9.14. The largest absolute Gasteiger partial charge is 0.475 e. The smallest absolute Gasteiger partial charge is 0.253 e. The summed E-state index contributed by atoms with van der Waals surface area (Å²) in [5, 5.41) is 6.67. The molecule has 0 radical (unpaired) electrons. The topological polar surface area (TPSA) is 99.4 Å². The minimum Gasteiger partial charge on any atom is -0.475 e. The number of ether oxygens (including phenoxy) is 2. The minimum absolute atomic E-state index is 0.125. The van der Waals surface area contributed by atoms with Crippen molar-refractivity contribution in [2.45, 2.75) is 25.5 Å². The van der Waals surface area contributed by atoms with Crippen LogP contribution in [0.25, 0.3) is 11.4 Å². The molecule has 28 heavy (non-hydrogen) atoms. The Morgan fingerprint density at radius 3 is 2.86 bits per heavy atom. The lowest BCUT2D eigenvalue weighted by Crippen LogP contribution is -2.23. The van der Waals surface area contributed by atoms with Crippen molar-refractivity contribution in [3.8, 4) is 17.3 Å². The van der Waals surface area contributed by atoms with Crippen LogP contribution in [0.15, 0.2) is 53.2 Å². The maximum Gasteiger partial charge on any atom is 0.253 e. The summed E-state index contributed by atoms with van der Waals surface area (Å²) in [6.07, 6.45) is 3.67. The summed E-state index contributed by atoms with van der Waals surface area (Å²) in [7, 11) is 0. The molecule has 0 aliphatic carbocycles. The van der Waals surface area contributed by atoms with E-state index < -0.39 is 0 Å². The quantitative estimate of drug-likeness (QED) is 0.672. The number of hydrogen-bond acceptors (Lipinski definition) is 7. The summed E-state index contributed by atoms with van der Waals surface area (Å²) in [6, 6.07) is 12.8. The number of nitrogens with zero attached hydrogens (tertiary/aromatic N) is 3. The molecular weight excluding hydrogens is 360 g/mol. The van der Waals surface area contributed by atoms with Gasteiger partial charge in [-0.2, -0.15) is 4.98 Å². The number of aromatic nitrogens is 3. The van der Waals surface area contributed by atoms with Crippen molar-refractivity contribution in [2.75, 3.05) is 13.2 Å². The first-order chi connectivity index (χ1) is 13.8. The zero-order valence-corrected chi connectivity index (χ0v) is 15.2. The van der Waals surface area contributed by atoms with Crippen molar-refractivity contribution < 1.29 is 18.8 Å². The van der Waals surface area contributed by atoms with E-state index >= 15 is 0 Å². The summed E-state index contributed by atoms with van der Waals surface area (Å²) in [4.78, 5) is 20.7. The third-order valence-corrected chi connectivity index (χ3v) is 4.34. The van der Waals surface area contributed by atoms with Crippen LogP contribution in [-0.2, 0) is 11.3 Å². The van der Waals surface area contributed by atoms with Crippen LogP contribution in [0.4, 0.5) is 0 Å². The van der Waals surface area contributed by atoms with Gasteiger partial charge in [0.05, 0.1) is 18.2 Å². The highest BCUT2D eigenvalue weighted by atomic mass is 16.5. The van der Waals surface area contributed by atoms with E-state index in [2.05, 4.69) is 20.4 Å². The van der Waals surface area contributed by atoms with E-state index in [0.29, 0.717) is 29.8 Å². The Morgan fingerprint density at radius 1 is 1.21 bits per heavy atom. The molecule has 1 amide bonds. The molecule has 8 nitrogen and oxygen atoms in total. The monoisotopic (exact) mass is 380 g/mol. The van der Waals surface area contributed by atoms with E-state index in [-0.39, 0.29) is 18.6 Å². The fourth-order valence-corrected chi connectivity index (χ4v) is 2.84. The van der Waals surface area contributed by atoms with Crippen molar-refractivity contribution in [3.05, 3.63) is 60.1 Å². The highest BCUT2D eigenvalue weighted by Gasteiger charge is 2.16. The first-order valence-electron chi connectivity index (χ1n) is 9.14. The van der Waals surface area contributed by atoms with Crippen LogP contribution in [0.5, 0.6) is 5.88 Å². The van der Waals surface area contributed by atoms with Gasteiger partial charge in [0.25, 0.3) is 5.91 Å². The number of carbonyl (C=O) groups excluding carboxylic acids is 1. The van der Waals surface area contributed by atoms with Gasteiger partial charge in [0.15, 0.2) is 0 Å². The average molecular weight is 380 g/mol. The third-order valence-electron chi connectivity index (χ3n) is 4.34. The predicted octanol–water partition coefficient (Wildman–Crippen LogP) is 2.62. The summed E-state index contributed by atoms with van der Waals surface area (Å²) < 4.78 is 16.3. The molecule has 1 aromatic carbocycles. The van der Waals surface area contributed by atoms with E-state index in [4.69, 9.17) is 14.0 Å². The van der Waals surface area contributed by atoms with Gasteiger partial charge in [-0.25, -0.2) is 4.98 Å². The Labute approximate surface area is 161 Å². The van der Waals surface area contributed by atoms with Gasteiger partial charge in [-0.15, -0.1) is 0 Å². The second-order valence-corrected chi connectivity index (χ2v) is 6.39. The van der Waals surface area contributed by atoms with Gasteiger partial charge in [-0.3, -0.25) is 4.79 Å². The molecule has 1 aliphatic rings. The molecule has 4 rings (SSSR count). The number of amides is 1. The molecular formula is C20H20N4O4. The summed E-state index contributed by atoms with van der Waals surface area (Å²) in [5.74, 6) is 1.00. The van der Waals surface area contributed by atoms with Crippen LogP contribution >= 0.6 is 0 Å². The fraction of sp³-hybridized carbons (Fsp3) is 0.300. The second-order valence-electron chi connectivity index (χ2n) is 6.39. The molecule has 1 fully saturated rings. The molecule has 0 bridgehead atoms. The maximum absolute atomic E-state index is 12.3. The van der Waals surface area contributed by atoms with Crippen molar-refractivity contribution >= 4 is 5.91 Å². The number of pyridine rings is 1. The molecule has 1 N–H and O–H groups in total. The first kappa shape index (κ1) is 18.1. The van der Waals surface area contributed by atoms with Crippen LogP contribution in [0.3, 0.4) is 0 Å². The molecule has 3 aromatic rings. The van der Waals surface area contributed by atoms with Gasteiger partial charge in [-0.1, -0.05) is 35.5 Å². The van der Waals surface area contributed by atoms with E-state index in [1.165, 1.54) is 6.20 Å². The van der Waals surface area contributed by atoms with Gasteiger partial charge in [-0.05, 0) is 18.9 Å². The Kier molecular flexibility index (Phi) is 5.58. The van der Waals surface area contributed by atoms with E-state index in [9.17, 15) is 4.79 Å². The van der Waals surface area contributed by atoms with E-state index in [1.54, 1.807) is 12.1 Å².